The van der Waals surface area contributed by atoms with Crippen molar-refractivity contribution < 1.29 is 13.2 Å². The van der Waals surface area contributed by atoms with E-state index >= 15 is 0 Å². The summed E-state index contributed by atoms with van der Waals surface area (Å²) in [4.78, 5) is 2.11. The molecule has 72 valence electrons. The number of H-pyrrole nitrogens is 1. The maximum absolute atomic E-state index is 12.3. The molecule has 0 fully saturated rings. The van der Waals surface area contributed by atoms with Crippen LogP contribution in [-0.4, -0.2) is 4.98 Å². The highest BCUT2D eigenvalue weighted by atomic mass is 19.4. The number of hydrogen-bond donors (Lipinski definition) is 2. The lowest BCUT2D eigenvalue weighted by molar-refractivity contribution is -0.141. The highest BCUT2D eigenvalue weighted by molar-refractivity contribution is 5.29. The SMILES string of the molecule is C=C[C@@H](N)c1cc[nH]c1C(F)(F)F. The lowest BCUT2D eigenvalue weighted by Crippen LogP contribution is -2.14. The molecule has 1 aromatic rings. The number of nitrogens with two attached hydrogens (primary N) is 1. The molecule has 1 heterocycles. The molecule has 0 unspecified atom stereocenters. The van der Waals surface area contributed by atoms with Crippen molar-refractivity contribution in [2.45, 2.75) is 12.2 Å². The van der Waals surface area contributed by atoms with Crippen LogP contribution in [0.15, 0.2) is 24.9 Å². The fourth-order valence-corrected chi connectivity index (χ4v) is 1.03. The van der Waals surface area contributed by atoms with Gasteiger partial charge in [-0.05, 0) is 6.07 Å². The summed E-state index contributed by atoms with van der Waals surface area (Å²) in [5, 5.41) is 0. The van der Waals surface area contributed by atoms with Gasteiger partial charge < -0.3 is 10.7 Å². The van der Waals surface area contributed by atoms with Crippen molar-refractivity contribution in [1.29, 1.82) is 0 Å². The summed E-state index contributed by atoms with van der Waals surface area (Å²) in [6, 6.07) is 0.512. The van der Waals surface area contributed by atoms with Gasteiger partial charge in [0.2, 0.25) is 0 Å². The number of nitrogens with one attached hydrogen (secondary N) is 1. The van der Waals surface area contributed by atoms with Crippen LogP contribution in [0.1, 0.15) is 17.3 Å². The minimum absolute atomic E-state index is 0.0162. The first kappa shape index (κ1) is 9.85. The minimum atomic E-state index is -4.39. The van der Waals surface area contributed by atoms with Gasteiger partial charge in [-0.25, -0.2) is 0 Å². The molecule has 0 spiro atoms. The summed E-state index contributed by atoms with van der Waals surface area (Å²) in [6.07, 6.45) is -1.92. The van der Waals surface area contributed by atoms with Gasteiger partial charge in [0.15, 0.2) is 0 Å². The van der Waals surface area contributed by atoms with E-state index in [4.69, 9.17) is 5.73 Å². The van der Waals surface area contributed by atoms with E-state index in [1.165, 1.54) is 18.3 Å². The molecule has 0 radical (unpaired) electrons. The standard InChI is InChI=1S/C8H9F3N2/c1-2-6(12)5-3-4-13-7(5)8(9,10)11/h2-4,6,13H,1,12H2/t6-/m1/s1. The number of rotatable bonds is 2. The maximum Gasteiger partial charge on any atom is 0.431 e. The summed E-state index contributed by atoms with van der Waals surface area (Å²) >= 11 is 0. The molecule has 13 heavy (non-hydrogen) atoms. The van der Waals surface area contributed by atoms with E-state index < -0.39 is 17.9 Å². The van der Waals surface area contributed by atoms with Crippen molar-refractivity contribution in [3.8, 4) is 0 Å². The van der Waals surface area contributed by atoms with Gasteiger partial charge in [-0.1, -0.05) is 6.08 Å². The van der Waals surface area contributed by atoms with Crippen LogP contribution in [0.25, 0.3) is 0 Å². The molecular weight excluding hydrogens is 181 g/mol. The zero-order valence-electron chi connectivity index (χ0n) is 6.73. The molecule has 1 aromatic heterocycles. The van der Waals surface area contributed by atoms with Gasteiger partial charge in [-0.2, -0.15) is 13.2 Å². The number of aromatic amines is 1. The number of hydrogen-bond acceptors (Lipinski definition) is 1. The third-order valence-electron chi connectivity index (χ3n) is 1.68. The first-order valence-corrected chi connectivity index (χ1v) is 3.59. The van der Waals surface area contributed by atoms with Crippen LogP contribution in [0.3, 0.4) is 0 Å². The van der Waals surface area contributed by atoms with Crippen LogP contribution in [0, 0.1) is 0 Å². The van der Waals surface area contributed by atoms with Crippen LogP contribution in [0.5, 0.6) is 0 Å². The smallest absolute Gasteiger partial charge is 0.357 e. The number of aromatic nitrogens is 1. The lowest BCUT2D eigenvalue weighted by Gasteiger charge is -2.10. The molecule has 1 atom stereocenters. The Kier molecular flexibility index (Phi) is 2.47. The lowest BCUT2D eigenvalue weighted by atomic mass is 10.1. The fraction of sp³-hybridized carbons (Fsp3) is 0.250. The van der Waals surface area contributed by atoms with Gasteiger partial charge in [0, 0.05) is 17.8 Å². The molecule has 0 aliphatic heterocycles. The predicted molar refractivity (Wildman–Crippen MR) is 42.9 cm³/mol. The van der Waals surface area contributed by atoms with E-state index in [1.54, 1.807) is 0 Å². The summed E-state index contributed by atoms with van der Waals surface area (Å²) in [7, 11) is 0. The van der Waals surface area contributed by atoms with Crippen LogP contribution in [0.2, 0.25) is 0 Å². The molecule has 0 saturated carbocycles. The molecule has 0 aliphatic carbocycles. The predicted octanol–water partition coefficient (Wildman–Crippen LogP) is 2.22. The summed E-state index contributed by atoms with van der Waals surface area (Å²) in [5.74, 6) is 0. The van der Waals surface area contributed by atoms with E-state index in [0.29, 0.717) is 0 Å². The normalized spacial score (nSPS) is 14.2. The summed E-state index contributed by atoms with van der Waals surface area (Å²) in [5.41, 5.74) is 4.61. The van der Waals surface area contributed by atoms with Crippen molar-refractivity contribution in [2.24, 2.45) is 5.73 Å². The first-order chi connectivity index (χ1) is 5.96. The Balaban J connectivity index is 3.10. The van der Waals surface area contributed by atoms with E-state index in [2.05, 4.69) is 11.6 Å². The zero-order valence-corrected chi connectivity index (χ0v) is 6.73. The molecule has 0 saturated heterocycles. The average Bonchev–Trinajstić information content (AvgIpc) is 2.49. The highest BCUT2D eigenvalue weighted by Crippen LogP contribution is 2.32. The molecule has 1 rings (SSSR count). The van der Waals surface area contributed by atoms with Gasteiger partial charge in [0.25, 0.3) is 0 Å². The van der Waals surface area contributed by atoms with E-state index in [0.717, 1.165) is 0 Å². The van der Waals surface area contributed by atoms with E-state index in [9.17, 15) is 13.2 Å². The molecule has 3 N–H and O–H groups in total. The van der Waals surface area contributed by atoms with Gasteiger partial charge in [0.05, 0.1) is 0 Å². The Morgan fingerprint density at radius 2 is 2.15 bits per heavy atom. The van der Waals surface area contributed by atoms with Crippen molar-refractivity contribution in [3.05, 3.63) is 36.2 Å². The van der Waals surface area contributed by atoms with Crippen LogP contribution in [0.4, 0.5) is 13.2 Å². The Hall–Kier alpha value is -1.23. The molecule has 0 aliphatic rings. The molecule has 5 heteroatoms. The Bertz CT molecular complexity index is 301. The molecule has 0 aromatic carbocycles. The second-order valence-corrected chi connectivity index (χ2v) is 2.57. The monoisotopic (exact) mass is 190 g/mol. The van der Waals surface area contributed by atoms with Gasteiger partial charge >= 0.3 is 6.18 Å². The first-order valence-electron chi connectivity index (χ1n) is 3.59. The van der Waals surface area contributed by atoms with Crippen molar-refractivity contribution >= 4 is 0 Å². The second-order valence-electron chi connectivity index (χ2n) is 2.57. The Morgan fingerprint density at radius 3 is 2.62 bits per heavy atom. The van der Waals surface area contributed by atoms with Crippen molar-refractivity contribution in [3.63, 3.8) is 0 Å². The van der Waals surface area contributed by atoms with Gasteiger partial charge in [-0.15, -0.1) is 6.58 Å². The highest BCUT2D eigenvalue weighted by Gasteiger charge is 2.35. The van der Waals surface area contributed by atoms with Crippen molar-refractivity contribution in [2.75, 3.05) is 0 Å². The second kappa shape index (κ2) is 3.26. The molecule has 0 amide bonds. The van der Waals surface area contributed by atoms with E-state index in [1.807, 2.05) is 0 Å². The Morgan fingerprint density at radius 1 is 1.54 bits per heavy atom. The summed E-state index contributed by atoms with van der Waals surface area (Å²) in [6.45, 7) is 3.33. The number of alkyl halides is 3. The fourth-order valence-electron chi connectivity index (χ4n) is 1.03. The third kappa shape index (κ3) is 1.92. The third-order valence-corrected chi connectivity index (χ3v) is 1.68. The topological polar surface area (TPSA) is 41.8 Å². The van der Waals surface area contributed by atoms with Crippen LogP contribution in [-0.2, 0) is 6.18 Å². The van der Waals surface area contributed by atoms with Crippen LogP contribution >= 0.6 is 0 Å². The average molecular weight is 190 g/mol. The zero-order chi connectivity index (χ0) is 10.1. The number of halogens is 3. The molecule has 2 nitrogen and oxygen atoms in total. The molecule has 0 bridgehead atoms. The Labute approximate surface area is 73.2 Å². The largest absolute Gasteiger partial charge is 0.431 e. The summed E-state index contributed by atoms with van der Waals surface area (Å²) < 4.78 is 36.8. The quantitative estimate of drug-likeness (QED) is 0.690. The van der Waals surface area contributed by atoms with Gasteiger partial charge in [-0.3, -0.25) is 0 Å². The minimum Gasteiger partial charge on any atom is -0.357 e. The van der Waals surface area contributed by atoms with Crippen molar-refractivity contribution in [1.82, 2.24) is 4.98 Å². The van der Waals surface area contributed by atoms with E-state index in [-0.39, 0.29) is 5.56 Å². The maximum atomic E-state index is 12.3. The van der Waals surface area contributed by atoms with Gasteiger partial charge in [0.1, 0.15) is 5.69 Å². The molecular formula is C8H9F3N2. The van der Waals surface area contributed by atoms with Crippen LogP contribution < -0.4 is 5.73 Å².